The Morgan fingerprint density at radius 1 is 1.08 bits per heavy atom. The Morgan fingerprint density at radius 3 is 2.31 bits per heavy atom. The predicted octanol–water partition coefficient (Wildman–Crippen LogP) is 4.03. The van der Waals surface area contributed by atoms with E-state index < -0.39 is 11.0 Å². The average molecular weight is 536 g/mol. The quantitative estimate of drug-likeness (QED) is 0.369. The van der Waals surface area contributed by atoms with Gasteiger partial charge in [0.15, 0.2) is 0 Å². The predicted molar refractivity (Wildman–Crippen MR) is 151 cm³/mol. The fourth-order valence-corrected chi connectivity index (χ4v) is 5.74. The van der Waals surface area contributed by atoms with Crippen LogP contribution in [0.4, 0.5) is 5.69 Å². The van der Waals surface area contributed by atoms with Crippen LogP contribution in [0.5, 0.6) is 0 Å². The number of nitrogens with zero attached hydrogens (tertiary/aromatic N) is 3. The van der Waals surface area contributed by atoms with Crippen molar-refractivity contribution in [2.45, 2.75) is 83.6 Å². The van der Waals surface area contributed by atoms with Gasteiger partial charge in [-0.3, -0.25) is 24.6 Å². The number of nitrogens with one attached hydrogen (secondary N) is 1. The Balaban J connectivity index is 1.56. The molecule has 210 valence electrons. The maximum atomic E-state index is 13.7. The van der Waals surface area contributed by atoms with Gasteiger partial charge in [-0.15, -0.1) is 0 Å². The van der Waals surface area contributed by atoms with Crippen molar-refractivity contribution in [2.75, 3.05) is 13.1 Å². The molecule has 9 heteroatoms. The van der Waals surface area contributed by atoms with E-state index in [1.165, 1.54) is 12.1 Å². The third kappa shape index (κ3) is 7.42. The number of nitro groups is 1. The van der Waals surface area contributed by atoms with Gasteiger partial charge in [-0.05, 0) is 62.6 Å². The number of nitro benzene ring substituents is 1. The van der Waals surface area contributed by atoms with E-state index in [4.69, 9.17) is 5.73 Å². The second kappa shape index (κ2) is 12.7. The summed E-state index contributed by atoms with van der Waals surface area (Å²) in [6, 6.07) is 13.8. The van der Waals surface area contributed by atoms with Gasteiger partial charge >= 0.3 is 0 Å². The number of nitrogens with two attached hydrogens (primary N) is 1. The van der Waals surface area contributed by atoms with Crippen LogP contribution in [0.2, 0.25) is 0 Å². The van der Waals surface area contributed by atoms with Crippen LogP contribution in [0, 0.1) is 23.0 Å². The number of aryl methyl sites for hydroxylation is 1. The summed E-state index contributed by atoms with van der Waals surface area (Å²) in [6.07, 6.45) is 4.03. The van der Waals surface area contributed by atoms with Gasteiger partial charge < -0.3 is 16.0 Å². The lowest BCUT2D eigenvalue weighted by molar-refractivity contribution is -0.384. The van der Waals surface area contributed by atoms with Crippen LogP contribution in [0.15, 0.2) is 48.5 Å². The highest BCUT2D eigenvalue weighted by molar-refractivity contribution is 5.98. The number of benzene rings is 2. The van der Waals surface area contributed by atoms with E-state index in [-0.39, 0.29) is 35.6 Å². The summed E-state index contributed by atoms with van der Waals surface area (Å²) < 4.78 is 0. The minimum absolute atomic E-state index is 0.0208. The van der Waals surface area contributed by atoms with Crippen molar-refractivity contribution in [3.63, 3.8) is 0 Å². The smallest absolute Gasteiger partial charge is 0.269 e. The molecule has 2 aromatic carbocycles. The molecular formula is C30H41N5O4. The first-order valence-corrected chi connectivity index (χ1v) is 14.0. The van der Waals surface area contributed by atoms with E-state index in [1.54, 1.807) is 17.0 Å². The van der Waals surface area contributed by atoms with Crippen molar-refractivity contribution in [3.8, 4) is 0 Å². The molecule has 0 aromatic heterocycles. The number of hydrogen-bond acceptors (Lipinski definition) is 6. The van der Waals surface area contributed by atoms with E-state index in [0.29, 0.717) is 31.0 Å². The Labute approximate surface area is 230 Å². The summed E-state index contributed by atoms with van der Waals surface area (Å²) >= 11 is 0. The molecular weight excluding hydrogens is 494 g/mol. The minimum atomic E-state index is -0.564. The molecule has 4 rings (SSSR count). The Morgan fingerprint density at radius 2 is 1.72 bits per heavy atom. The fraction of sp³-hybridized carbons (Fsp3) is 0.533. The van der Waals surface area contributed by atoms with Crippen molar-refractivity contribution >= 4 is 17.5 Å². The summed E-state index contributed by atoms with van der Waals surface area (Å²) in [5, 5.41) is 14.3. The Kier molecular flexibility index (Phi) is 9.35. The first kappa shape index (κ1) is 28.7. The molecule has 1 saturated heterocycles. The number of hydrogen-bond donors (Lipinski definition) is 2. The van der Waals surface area contributed by atoms with Crippen molar-refractivity contribution in [2.24, 2.45) is 11.7 Å². The molecule has 1 aliphatic carbocycles. The number of likely N-dealkylation sites (tertiary alicyclic amines) is 1. The summed E-state index contributed by atoms with van der Waals surface area (Å²) in [5.74, 6) is 0.130. The molecule has 0 bridgehead atoms. The third-order valence-electron chi connectivity index (χ3n) is 7.91. The van der Waals surface area contributed by atoms with E-state index in [9.17, 15) is 19.7 Å². The van der Waals surface area contributed by atoms with E-state index in [0.717, 1.165) is 43.4 Å². The zero-order valence-electron chi connectivity index (χ0n) is 23.2. The molecule has 3 N–H and O–H groups in total. The maximum Gasteiger partial charge on any atom is 0.269 e. The Bertz CT molecular complexity index is 1140. The molecule has 9 nitrogen and oxygen atoms in total. The van der Waals surface area contributed by atoms with E-state index in [1.807, 2.05) is 31.2 Å². The second-order valence-corrected chi connectivity index (χ2v) is 11.6. The largest absolute Gasteiger partial charge is 0.352 e. The molecule has 2 atom stereocenters. The summed E-state index contributed by atoms with van der Waals surface area (Å²) in [5.41, 5.74) is 8.73. The monoisotopic (exact) mass is 535 g/mol. The van der Waals surface area contributed by atoms with Gasteiger partial charge in [-0.1, -0.05) is 43.7 Å². The lowest BCUT2D eigenvalue weighted by Gasteiger charge is -2.30. The maximum absolute atomic E-state index is 13.7. The molecule has 2 amide bonds. The van der Waals surface area contributed by atoms with Gasteiger partial charge in [-0.2, -0.15) is 0 Å². The summed E-state index contributed by atoms with van der Waals surface area (Å²) in [7, 11) is 0. The lowest BCUT2D eigenvalue weighted by atomic mass is 9.91. The molecule has 2 aromatic rings. The normalized spacial score (nSPS) is 23.3. The molecule has 0 radical (unpaired) electrons. The number of carbonyl (C=O) groups is 2. The highest BCUT2D eigenvalue weighted by Crippen LogP contribution is 2.28. The molecule has 2 unspecified atom stereocenters. The van der Waals surface area contributed by atoms with Gasteiger partial charge in [0.25, 0.3) is 11.6 Å². The minimum Gasteiger partial charge on any atom is -0.352 e. The van der Waals surface area contributed by atoms with Crippen LogP contribution in [-0.4, -0.2) is 63.8 Å². The average Bonchev–Trinajstić information content (AvgIpc) is 3.35. The zero-order valence-corrected chi connectivity index (χ0v) is 23.2. The molecule has 39 heavy (non-hydrogen) atoms. The van der Waals surface area contributed by atoms with Crippen molar-refractivity contribution in [3.05, 3.63) is 75.3 Å². The third-order valence-corrected chi connectivity index (χ3v) is 7.91. The summed E-state index contributed by atoms with van der Waals surface area (Å²) in [4.78, 5) is 42.1. The number of carbonyl (C=O) groups excluding carboxylic acids is 2. The van der Waals surface area contributed by atoms with E-state index in [2.05, 4.69) is 24.1 Å². The van der Waals surface area contributed by atoms with Crippen LogP contribution < -0.4 is 11.1 Å². The molecule has 1 saturated carbocycles. The van der Waals surface area contributed by atoms with Gasteiger partial charge in [0.1, 0.15) is 6.04 Å². The van der Waals surface area contributed by atoms with Crippen LogP contribution in [0.1, 0.15) is 67.4 Å². The van der Waals surface area contributed by atoms with Gasteiger partial charge in [0, 0.05) is 55.5 Å². The Hall–Kier alpha value is -3.30. The van der Waals surface area contributed by atoms with Crippen molar-refractivity contribution < 1.29 is 14.5 Å². The zero-order chi connectivity index (χ0) is 28.1. The standard InChI is InChI=1S/C30H41N5O4/c1-20(2)17-33(18-22-6-14-26(15-7-22)35(38)39)27-16-28(29(36)32-25-12-10-24(31)11-13-25)34(19-27)30(37)23-8-4-21(3)5-9-23/h4-9,14-15,20,24-25,27-28H,10-13,16-19,31H2,1-3H3,(H,32,36). The SMILES string of the molecule is Cc1ccc(C(=O)N2CC(N(Cc3ccc([N+](=O)[O-])cc3)CC(C)C)CC2C(=O)NC2CCC(N)CC2)cc1. The van der Waals surface area contributed by atoms with E-state index >= 15 is 0 Å². The first-order valence-electron chi connectivity index (χ1n) is 14.0. The number of rotatable bonds is 9. The molecule has 2 fully saturated rings. The van der Waals surface area contributed by atoms with Crippen LogP contribution >= 0.6 is 0 Å². The number of amides is 2. The molecule has 1 heterocycles. The van der Waals surface area contributed by atoms with Crippen LogP contribution in [0.3, 0.4) is 0 Å². The molecule has 1 aliphatic heterocycles. The summed E-state index contributed by atoms with van der Waals surface area (Å²) in [6.45, 7) is 8.08. The first-order chi connectivity index (χ1) is 18.6. The second-order valence-electron chi connectivity index (χ2n) is 11.6. The van der Waals surface area contributed by atoms with Gasteiger partial charge in [0.05, 0.1) is 4.92 Å². The number of non-ortho nitro benzene ring substituents is 1. The fourth-order valence-electron chi connectivity index (χ4n) is 5.74. The lowest BCUT2D eigenvalue weighted by Crippen LogP contribution is -2.50. The van der Waals surface area contributed by atoms with Gasteiger partial charge in [-0.25, -0.2) is 0 Å². The topological polar surface area (TPSA) is 122 Å². The van der Waals surface area contributed by atoms with Crippen molar-refractivity contribution in [1.82, 2.24) is 15.1 Å². The molecule has 0 spiro atoms. The van der Waals surface area contributed by atoms with Crippen LogP contribution in [-0.2, 0) is 11.3 Å². The van der Waals surface area contributed by atoms with Crippen molar-refractivity contribution in [1.29, 1.82) is 0 Å². The highest BCUT2D eigenvalue weighted by Gasteiger charge is 2.42. The highest BCUT2D eigenvalue weighted by atomic mass is 16.6. The molecule has 2 aliphatic rings. The van der Waals surface area contributed by atoms with Crippen LogP contribution in [0.25, 0.3) is 0 Å². The van der Waals surface area contributed by atoms with Gasteiger partial charge in [0.2, 0.25) is 5.91 Å².